The summed E-state index contributed by atoms with van der Waals surface area (Å²) in [4.78, 5) is 21.3. The van der Waals surface area contributed by atoms with Gasteiger partial charge in [0.2, 0.25) is 5.89 Å². The van der Waals surface area contributed by atoms with Crippen LogP contribution in [0.2, 0.25) is 0 Å². The molecule has 0 aliphatic carbocycles. The molecule has 3 N–H and O–H groups in total. The molecule has 0 fully saturated rings. The highest BCUT2D eigenvalue weighted by Gasteiger charge is 2.08. The first-order valence-electron chi connectivity index (χ1n) is 9.43. The number of halogens is 1. The second-order valence-electron chi connectivity index (χ2n) is 6.45. The van der Waals surface area contributed by atoms with Crippen molar-refractivity contribution in [3.8, 4) is 11.5 Å². The fraction of sp³-hybridized carbons (Fsp3) is 0.286. The number of carbonyl (C=O) groups excluding carboxylic acids is 1. The zero-order valence-electron chi connectivity index (χ0n) is 17.0. The lowest BCUT2D eigenvalue weighted by Crippen LogP contribution is -2.38. The van der Waals surface area contributed by atoms with Crippen molar-refractivity contribution in [1.29, 1.82) is 0 Å². The number of aryl methyl sites for hydroxylation is 1. The van der Waals surface area contributed by atoms with Crippen LogP contribution in [0.3, 0.4) is 0 Å². The predicted octanol–water partition coefficient (Wildman–Crippen LogP) is 3.81. The Bertz CT molecular complexity index is 939. The van der Waals surface area contributed by atoms with Gasteiger partial charge in [0.1, 0.15) is 6.26 Å². The minimum absolute atomic E-state index is 0. The van der Waals surface area contributed by atoms with Gasteiger partial charge < -0.3 is 20.4 Å². The summed E-state index contributed by atoms with van der Waals surface area (Å²) >= 11 is 1.44. The van der Waals surface area contributed by atoms with E-state index in [1.807, 2.05) is 48.7 Å². The Kier molecular flexibility index (Phi) is 9.81. The molecule has 0 aliphatic heterocycles. The number of thiophene rings is 1. The molecule has 1 aromatic carbocycles. The van der Waals surface area contributed by atoms with Crippen molar-refractivity contribution < 1.29 is 9.21 Å². The lowest BCUT2D eigenvalue weighted by atomic mass is 10.1. The zero-order valence-corrected chi connectivity index (χ0v) is 20.1. The highest BCUT2D eigenvalue weighted by molar-refractivity contribution is 14.0. The number of rotatable bonds is 8. The van der Waals surface area contributed by atoms with E-state index < -0.39 is 0 Å². The summed E-state index contributed by atoms with van der Waals surface area (Å²) < 4.78 is 5.57. The quantitative estimate of drug-likeness (QED) is 0.175. The van der Waals surface area contributed by atoms with Crippen molar-refractivity contribution in [3.05, 3.63) is 64.2 Å². The molecule has 0 atom stereocenters. The number of benzene rings is 1. The summed E-state index contributed by atoms with van der Waals surface area (Å²) in [5.74, 6) is 1.25. The molecular formula is C21H26IN5O2S. The second kappa shape index (κ2) is 12.3. The van der Waals surface area contributed by atoms with Crippen LogP contribution in [-0.4, -0.2) is 37.0 Å². The van der Waals surface area contributed by atoms with E-state index in [4.69, 9.17) is 4.42 Å². The molecule has 0 aliphatic rings. The van der Waals surface area contributed by atoms with E-state index in [9.17, 15) is 4.79 Å². The standard InChI is InChI=1S/C21H25N5O2S.HI/c1-15-6-8-16(9-7-15)20-26-17(14-28-20)13-25-21(22-2)24-11-4-10-23-19(27)18-5-3-12-29-18;/h3,5-9,12,14H,4,10-11,13H2,1-2H3,(H,23,27)(H2,22,24,25);1H. The van der Waals surface area contributed by atoms with Gasteiger partial charge >= 0.3 is 0 Å². The molecule has 3 rings (SSSR count). The average molecular weight is 539 g/mol. The topological polar surface area (TPSA) is 91.5 Å². The van der Waals surface area contributed by atoms with Crippen LogP contribution in [-0.2, 0) is 6.54 Å². The van der Waals surface area contributed by atoms with Crippen molar-refractivity contribution in [2.75, 3.05) is 20.1 Å². The SMILES string of the molecule is CN=C(NCCCNC(=O)c1cccs1)NCc1coc(-c2ccc(C)cc2)n1.I. The van der Waals surface area contributed by atoms with E-state index in [0.717, 1.165) is 22.6 Å². The number of aromatic nitrogens is 1. The van der Waals surface area contributed by atoms with Crippen LogP contribution in [0.25, 0.3) is 11.5 Å². The van der Waals surface area contributed by atoms with Crippen molar-refractivity contribution in [1.82, 2.24) is 20.9 Å². The molecular weight excluding hydrogens is 513 g/mol. The van der Waals surface area contributed by atoms with Gasteiger partial charge in [-0.05, 0) is 36.9 Å². The Balaban J connectivity index is 0.00000320. The smallest absolute Gasteiger partial charge is 0.261 e. The molecule has 7 nitrogen and oxygen atoms in total. The van der Waals surface area contributed by atoms with Gasteiger partial charge in [0.15, 0.2) is 5.96 Å². The molecule has 160 valence electrons. The van der Waals surface area contributed by atoms with Gasteiger partial charge in [-0.15, -0.1) is 35.3 Å². The molecule has 9 heteroatoms. The lowest BCUT2D eigenvalue weighted by Gasteiger charge is -2.11. The van der Waals surface area contributed by atoms with Crippen molar-refractivity contribution in [2.24, 2.45) is 4.99 Å². The molecule has 30 heavy (non-hydrogen) atoms. The van der Waals surface area contributed by atoms with Crippen LogP contribution in [0.15, 0.2) is 57.5 Å². The Morgan fingerprint density at radius 2 is 1.90 bits per heavy atom. The fourth-order valence-electron chi connectivity index (χ4n) is 2.60. The molecule has 2 heterocycles. The minimum atomic E-state index is -0.0297. The van der Waals surface area contributed by atoms with Gasteiger partial charge in [0.05, 0.1) is 17.1 Å². The largest absolute Gasteiger partial charge is 0.444 e. The third-order valence-corrected chi connectivity index (χ3v) is 5.06. The molecule has 2 aromatic heterocycles. The van der Waals surface area contributed by atoms with Crippen molar-refractivity contribution in [2.45, 2.75) is 19.9 Å². The monoisotopic (exact) mass is 539 g/mol. The molecule has 0 saturated heterocycles. The van der Waals surface area contributed by atoms with Gasteiger partial charge in [0, 0.05) is 25.7 Å². The Labute approximate surface area is 197 Å². The zero-order chi connectivity index (χ0) is 20.5. The van der Waals surface area contributed by atoms with Crippen LogP contribution >= 0.6 is 35.3 Å². The van der Waals surface area contributed by atoms with Crippen molar-refractivity contribution in [3.63, 3.8) is 0 Å². The summed E-state index contributed by atoms with van der Waals surface area (Å²) in [6.07, 6.45) is 2.44. The average Bonchev–Trinajstić information content (AvgIpc) is 3.42. The van der Waals surface area contributed by atoms with E-state index in [1.165, 1.54) is 16.9 Å². The summed E-state index contributed by atoms with van der Waals surface area (Å²) in [6, 6.07) is 11.7. The number of amides is 1. The molecule has 0 unspecified atom stereocenters. The Morgan fingerprint density at radius 1 is 1.13 bits per heavy atom. The normalized spacial score (nSPS) is 10.9. The predicted molar refractivity (Wildman–Crippen MR) is 132 cm³/mol. The minimum Gasteiger partial charge on any atom is -0.444 e. The number of nitrogens with one attached hydrogen (secondary N) is 3. The van der Waals surface area contributed by atoms with Gasteiger partial charge in [-0.2, -0.15) is 0 Å². The maximum absolute atomic E-state index is 11.9. The Morgan fingerprint density at radius 3 is 2.60 bits per heavy atom. The van der Waals surface area contributed by atoms with Crippen LogP contribution in [0.4, 0.5) is 0 Å². The van der Waals surface area contributed by atoms with Crippen LogP contribution < -0.4 is 16.0 Å². The van der Waals surface area contributed by atoms with E-state index >= 15 is 0 Å². The van der Waals surface area contributed by atoms with Crippen LogP contribution in [0.1, 0.15) is 27.3 Å². The van der Waals surface area contributed by atoms with Gasteiger partial charge in [-0.3, -0.25) is 9.79 Å². The fourth-order valence-corrected chi connectivity index (χ4v) is 3.24. The number of aliphatic imine (C=N–C) groups is 1. The summed E-state index contributed by atoms with van der Waals surface area (Å²) in [5.41, 5.74) is 2.95. The second-order valence-corrected chi connectivity index (χ2v) is 7.40. The highest BCUT2D eigenvalue weighted by atomic mass is 127. The van der Waals surface area contributed by atoms with Crippen molar-refractivity contribution >= 4 is 47.2 Å². The molecule has 0 radical (unpaired) electrons. The van der Waals surface area contributed by atoms with E-state index in [2.05, 4.69) is 25.9 Å². The number of nitrogens with zero attached hydrogens (tertiary/aromatic N) is 2. The molecule has 3 aromatic rings. The molecule has 1 amide bonds. The lowest BCUT2D eigenvalue weighted by molar-refractivity contribution is 0.0957. The first kappa shape index (κ1) is 23.9. The van der Waals surface area contributed by atoms with Crippen LogP contribution in [0, 0.1) is 6.92 Å². The van der Waals surface area contributed by atoms with E-state index in [1.54, 1.807) is 13.3 Å². The van der Waals surface area contributed by atoms with Gasteiger partial charge in [-0.1, -0.05) is 23.8 Å². The number of guanidine groups is 1. The Hall–Kier alpha value is -2.40. The number of hydrogen-bond acceptors (Lipinski definition) is 5. The first-order chi connectivity index (χ1) is 14.2. The maximum atomic E-state index is 11.9. The molecule has 0 spiro atoms. The van der Waals surface area contributed by atoms with Gasteiger partial charge in [-0.25, -0.2) is 4.98 Å². The third-order valence-electron chi connectivity index (χ3n) is 4.19. The maximum Gasteiger partial charge on any atom is 0.261 e. The highest BCUT2D eigenvalue weighted by Crippen LogP contribution is 2.18. The number of oxazole rings is 1. The van der Waals surface area contributed by atoms with E-state index in [-0.39, 0.29) is 29.9 Å². The van der Waals surface area contributed by atoms with Gasteiger partial charge in [0.25, 0.3) is 5.91 Å². The summed E-state index contributed by atoms with van der Waals surface area (Å²) in [5, 5.41) is 11.2. The van der Waals surface area contributed by atoms with E-state index in [0.29, 0.717) is 31.5 Å². The third kappa shape index (κ3) is 7.13. The molecule has 0 bridgehead atoms. The summed E-state index contributed by atoms with van der Waals surface area (Å²) in [6.45, 7) is 3.84. The first-order valence-corrected chi connectivity index (χ1v) is 10.3. The van der Waals surface area contributed by atoms with Crippen LogP contribution in [0.5, 0.6) is 0 Å². The number of hydrogen-bond donors (Lipinski definition) is 3. The summed E-state index contributed by atoms with van der Waals surface area (Å²) in [7, 11) is 1.72. The molecule has 0 saturated carbocycles. The number of carbonyl (C=O) groups is 1.